The van der Waals surface area contributed by atoms with Gasteiger partial charge in [0, 0.05) is 19.4 Å². The molecule has 0 radical (unpaired) electrons. The predicted molar refractivity (Wildman–Crippen MR) is 253 cm³/mol. The number of hydrogen-bond acceptors (Lipinski definition) is 10. The van der Waals surface area contributed by atoms with Gasteiger partial charge in [0.15, 0.2) is 6.10 Å². The minimum atomic E-state index is -4.33. The summed E-state index contributed by atoms with van der Waals surface area (Å²) in [6.07, 6.45) is 30.0. The van der Waals surface area contributed by atoms with Crippen molar-refractivity contribution < 1.29 is 46.7 Å². The molecule has 2 atom stereocenters. The van der Waals surface area contributed by atoms with E-state index in [1.54, 1.807) is 30.3 Å². The number of phosphoric ester groups is 1. The van der Waals surface area contributed by atoms with Gasteiger partial charge in [0.2, 0.25) is 0 Å². The van der Waals surface area contributed by atoms with Gasteiger partial charge in [0.25, 0.3) is 0 Å². The Balaban J connectivity index is 1.84. The van der Waals surface area contributed by atoms with Gasteiger partial charge in [-0.1, -0.05) is 216 Å². The van der Waals surface area contributed by atoms with E-state index in [4.69, 9.17) is 27.8 Å². The molecule has 0 saturated heterocycles. The van der Waals surface area contributed by atoms with Crippen LogP contribution in [-0.2, 0) is 44.0 Å². The Morgan fingerprint density at radius 2 is 0.968 bits per heavy atom. The summed E-state index contributed by atoms with van der Waals surface area (Å²) in [7, 11) is -4.33. The van der Waals surface area contributed by atoms with Gasteiger partial charge in [-0.25, -0.2) is 9.36 Å². The van der Waals surface area contributed by atoms with Crippen molar-refractivity contribution in [1.82, 2.24) is 5.32 Å². The number of phosphoric acid groups is 1. The average molecular weight is 902 g/mol. The number of carbonyl (C=O) groups is 3. The Kier molecular flexibility index (Phi) is 34.5. The number of unbranched alkanes of at least 4 members (excludes halogenated alkanes) is 24. The Labute approximate surface area is 381 Å². The minimum absolute atomic E-state index is 0.0481. The molecule has 11 nitrogen and oxygen atoms in total. The number of ether oxygens (including phenoxy) is 3. The van der Waals surface area contributed by atoms with Gasteiger partial charge < -0.3 is 24.1 Å². The second-order valence-electron chi connectivity index (χ2n) is 16.7. The smallest absolute Gasteiger partial charge is 0.462 e. The van der Waals surface area contributed by atoms with Crippen LogP contribution >= 0.6 is 7.82 Å². The summed E-state index contributed by atoms with van der Waals surface area (Å²) in [4.78, 5) is 38.1. The fraction of sp³-hybridized carbons (Fsp3) is 0.706. The lowest BCUT2D eigenvalue weighted by atomic mass is 10.0. The highest BCUT2D eigenvalue weighted by Crippen LogP contribution is 2.49. The maximum atomic E-state index is 14.0. The monoisotopic (exact) mass is 902 g/mol. The lowest BCUT2D eigenvalue weighted by Gasteiger charge is -2.22. The van der Waals surface area contributed by atoms with Crippen LogP contribution in [0.15, 0.2) is 60.7 Å². The van der Waals surface area contributed by atoms with Crippen LogP contribution in [-0.4, -0.2) is 50.5 Å². The van der Waals surface area contributed by atoms with E-state index in [-0.39, 0.29) is 50.9 Å². The first-order valence-corrected chi connectivity index (χ1v) is 26.2. The number of alkyl carbamates (subject to hydrolysis) is 1. The molecule has 63 heavy (non-hydrogen) atoms. The van der Waals surface area contributed by atoms with Crippen molar-refractivity contribution in [2.75, 3.05) is 26.4 Å². The maximum Gasteiger partial charge on any atom is 0.530 e. The zero-order chi connectivity index (χ0) is 45.3. The van der Waals surface area contributed by atoms with E-state index >= 15 is 0 Å². The van der Waals surface area contributed by atoms with E-state index in [9.17, 15) is 18.9 Å². The van der Waals surface area contributed by atoms with Crippen molar-refractivity contribution in [3.63, 3.8) is 0 Å². The first-order valence-electron chi connectivity index (χ1n) is 24.8. The van der Waals surface area contributed by atoms with Gasteiger partial charge in [-0.3, -0.25) is 18.6 Å². The summed E-state index contributed by atoms with van der Waals surface area (Å²) in [6, 6.07) is 17.7. The van der Waals surface area contributed by atoms with Gasteiger partial charge in [-0.15, -0.1) is 0 Å². The molecule has 358 valence electrons. The first kappa shape index (κ1) is 55.7. The van der Waals surface area contributed by atoms with Crippen LogP contribution in [0.25, 0.3) is 0 Å². The molecule has 0 fully saturated rings. The van der Waals surface area contributed by atoms with Crippen molar-refractivity contribution in [2.45, 2.75) is 206 Å². The predicted octanol–water partition coefficient (Wildman–Crippen LogP) is 14.6. The molecule has 2 aromatic rings. The Morgan fingerprint density at radius 1 is 0.524 bits per heavy atom. The largest absolute Gasteiger partial charge is 0.530 e. The molecule has 12 heteroatoms. The van der Waals surface area contributed by atoms with E-state index < -0.39 is 32.6 Å². The van der Waals surface area contributed by atoms with Crippen molar-refractivity contribution in [3.8, 4) is 5.75 Å². The Bertz CT molecular complexity index is 1450. The molecule has 1 amide bonds. The third-order valence-corrected chi connectivity index (χ3v) is 12.3. The molecule has 0 saturated carbocycles. The molecule has 0 aliphatic rings. The quantitative estimate of drug-likeness (QED) is 0.0297. The van der Waals surface area contributed by atoms with Gasteiger partial charge in [-0.05, 0) is 30.5 Å². The molecule has 0 aromatic heterocycles. The molecule has 0 heterocycles. The average Bonchev–Trinajstić information content (AvgIpc) is 3.29. The summed E-state index contributed by atoms with van der Waals surface area (Å²) in [6.45, 7) is 3.63. The zero-order valence-electron chi connectivity index (χ0n) is 39.2. The van der Waals surface area contributed by atoms with Crippen LogP contribution in [0.2, 0.25) is 0 Å². The molecule has 2 aromatic carbocycles. The number of para-hydroxylation sites is 1. The molecular formula is C51H84NO10P. The summed E-state index contributed by atoms with van der Waals surface area (Å²) in [5, 5.41) is 2.56. The number of hydrogen-bond donors (Lipinski definition) is 1. The van der Waals surface area contributed by atoms with Crippen LogP contribution in [0, 0.1) is 0 Å². The van der Waals surface area contributed by atoms with Crippen molar-refractivity contribution in [3.05, 3.63) is 66.2 Å². The van der Waals surface area contributed by atoms with Gasteiger partial charge in [0.1, 0.15) is 25.6 Å². The van der Waals surface area contributed by atoms with E-state index in [2.05, 4.69) is 19.2 Å². The maximum absolute atomic E-state index is 14.0. The third kappa shape index (κ3) is 32.8. The Hall–Kier alpha value is -3.40. The summed E-state index contributed by atoms with van der Waals surface area (Å²) in [5.41, 5.74) is 0.836. The highest BCUT2D eigenvalue weighted by molar-refractivity contribution is 7.48. The number of rotatable bonds is 42. The van der Waals surface area contributed by atoms with E-state index in [1.807, 2.05) is 30.3 Å². The summed E-state index contributed by atoms with van der Waals surface area (Å²) in [5.74, 6) is -0.603. The number of esters is 2. The fourth-order valence-electron chi connectivity index (χ4n) is 7.15. The van der Waals surface area contributed by atoms with Gasteiger partial charge >= 0.3 is 25.9 Å². The minimum Gasteiger partial charge on any atom is -0.462 e. The number of nitrogens with one attached hydrogen (secondary N) is 1. The fourth-order valence-corrected chi connectivity index (χ4v) is 8.38. The van der Waals surface area contributed by atoms with E-state index in [0.29, 0.717) is 6.42 Å². The molecule has 1 unspecified atom stereocenters. The molecular weight excluding hydrogens is 818 g/mol. The molecule has 0 bridgehead atoms. The lowest BCUT2D eigenvalue weighted by molar-refractivity contribution is -0.161. The van der Waals surface area contributed by atoms with Crippen molar-refractivity contribution in [2.24, 2.45) is 0 Å². The first-order chi connectivity index (χ1) is 30.8. The van der Waals surface area contributed by atoms with Gasteiger partial charge in [0.05, 0.1) is 6.61 Å². The normalized spacial score (nSPS) is 12.6. The lowest BCUT2D eigenvalue weighted by Crippen LogP contribution is -2.30. The number of benzene rings is 2. The van der Waals surface area contributed by atoms with E-state index in [0.717, 1.165) is 44.1 Å². The highest BCUT2D eigenvalue weighted by atomic mass is 31.2. The Morgan fingerprint density at radius 3 is 1.46 bits per heavy atom. The van der Waals surface area contributed by atoms with Crippen molar-refractivity contribution >= 4 is 25.9 Å². The number of amides is 1. The number of carbonyl (C=O) groups excluding carboxylic acids is 3. The van der Waals surface area contributed by atoms with Crippen molar-refractivity contribution in [1.29, 1.82) is 0 Å². The van der Waals surface area contributed by atoms with Crippen LogP contribution < -0.4 is 9.84 Å². The van der Waals surface area contributed by atoms with Gasteiger partial charge in [-0.2, -0.15) is 0 Å². The highest BCUT2D eigenvalue weighted by Gasteiger charge is 2.32. The third-order valence-electron chi connectivity index (χ3n) is 10.9. The second-order valence-corrected chi connectivity index (χ2v) is 18.3. The SMILES string of the molecule is CCCCCCCCCCCCCCCC(=O)OC[C@@H](COP(=O)(OCCNC(=O)OCc1ccccc1)Oc1ccccc1)OC(=O)CCCCCCCCCCCCCCC. The topological polar surface area (TPSA) is 136 Å². The van der Waals surface area contributed by atoms with Crippen LogP contribution in [0.1, 0.15) is 199 Å². The van der Waals surface area contributed by atoms with Crippen LogP contribution in [0.3, 0.4) is 0 Å². The summed E-state index contributed by atoms with van der Waals surface area (Å²) < 4.78 is 47.6. The van der Waals surface area contributed by atoms with Crippen LogP contribution in [0.5, 0.6) is 5.75 Å². The van der Waals surface area contributed by atoms with E-state index in [1.165, 1.54) is 122 Å². The zero-order valence-corrected chi connectivity index (χ0v) is 40.1. The standard InChI is InChI=1S/C51H84NO10P/c1-3-5-7-9-11-13-15-17-19-21-23-25-33-39-49(53)57-44-48(61-50(54)40-34-26-24-22-20-18-16-14-12-10-8-6-4-2)45-60-63(56,62-47-37-31-28-32-38-47)59-42-41-52-51(55)58-43-46-35-29-27-30-36-46/h27-32,35-38,48H,3-26,33-34,39-45H2,1-2H3,(H,52,55)/t48-,63?/m0/s1. The molecule has 0 spiro atoms. The van der Waals surface area contributed by atoms with Crippen LogP contribution in [0.4, 0.5) is 4.79 Å². The molecule has 0 aliphatic carbocycles. The summed E-state index contributed by atoms with van der Waals surface area (Å²) >= 11 is 0. The molecule has 0 aliphatic heterocycles. The molecule has 1 N–H and O–H groups in total. The second kappa shape index (κ2) is 39.0. The molecule has 2 rings (SSSR count).